The molecule has 0 atom stereocenters. The van der Waals surface area contributed by atoms with E-state index in [1.54, 1.807) is 6.20 Å². The normalized spacial score (nSPS) is 11.2. The maximum absolute atomic E-state index is 11.3. The Hall–Kier alpha value is -0.851. The summed E-state index contributed by atoms with van der Waals surface area (Å²) in [6.45, 7) is 0. The minimum absolute atomic E-state index is 0.126. The number of nitrogen functional groups attached to an aromatic ring is 1. The van der Waals surface area contributed by atoms with Crippen molar-refractivity contribution in [3.8, 4) is 0 Å². The van der Waals surface area contributed by atoms with Gasteiger partial charge in [0.1, 0.15) is 0 Å². The number of methoxy groups -OCH3 is 1. The Balaban J connectivity index is 3.23. The van der Waals surface area contributed by atoms with Crippen LogP contribution in [0.2, 0.25) is 14.8 Å². The number of aromatic nitrogens is 2. The zero-order valence-electron chi connectivity index (χ0n) is 9.37. The number of carbonyl (C=O) groups excluding carboxylic acids is 1. The van der Waals surface area contributed by atoms with E-state index in [1.165, 1.54) is 7.11 Å². The average molecular weight is 316 g/mol. The zero-order chi connectivity index (χ0) is 11.6. The number of anilines is 1. The van der Waals surface area contributed by atoms with E-state index in [2.05, 4.69) is 29.5 Å². The van der Waals surface area contributed by atoms with Crippen LogP contribution < -0.4 is 9.44 Å². The molecule has 0 aliphatic carbocycles. The van der Waals surface area contributed by atoms with E-state index in [4.69, 9.17) is 5.73 Å². The molecule has 2 N–H and O–H groups in total. The molecule has 0 aliphatic rings. The van der Waals surface area contributed by atoms with E-state index in [9.17, 15) is 4.79 Å². The molecule has 15 heavy (non-hydrogen) atoms. The first-order valence-corrected chi connectivity index (χ1v) is 14.6. The number of carbonyl (C=O) groups is 1. The van der Waals surface area contributed by atoms with Gasteiger partial charge in [-0.3, -0.25) is 0 Å². The average Bonchev–Trinajstić information content (AvgIpc) is 2.15. The monoisotopic (exact) mass is 317 g/mol. The second kappa shape index (κ2) is 4.34. The van der Waals surface area contributed by atoms with Crippen LogP contribution in [0, 0.1) is 0 Å². The quantitative estimate of drug-likeness (QED) is 0.631. The summed E-state index contributed by atoms with van der Waals surface area (Å²) < 4.78 is 5.50. The predicted molar refractivity (Wildman–Crippen MR) is 60.8 cm³/mol. The van der Waals surface area contributed by atoms with Crippen molar-refractivity contribution in [2.24, 2.45) is 0 Å². The van der Waals surface area contributed by atoms with Crippen LogP contribution in [0.5, 0.6) is 0 Å². The molecule has 6 heteroatoms. The number of rotatable bonds is 2. The standard InChI is InChI=1S/C6H6N3O2.3CH3.Sn/c1-11-6(10)4-5(7)9-3-2-8-4;;;;/h3H,1H3,(H2,7,9);3*1H3;. The van der Waals surface area contributed by atoms with Crippen LogP contribution in [0.3, 0.4) is 0 Å². The molecular weight excluding hydrogens is 301 g/mol. The van der Waals surface area contributed by atoms with Crippen LogP contribution in [0.25, 0.3) is 0 Å². The Morgan fingerprint density at radius 3 is 2.53 bits per heavy atom. The molecule has 0 saturated heterocycles. The van der Waals surface area contributed by atoms with Crippen molar-refractivity contribution in [2.75, 3.05) is 12.8 Å². The fourth-order valence-corrected chi connectivity index (χ4v) is 3.57. The topological polar surface area (TPSA) is 78.1 Å². The number of hydrogen-bond donors (Lipinski definition) is 1. The first-order valence-electron chi connectivity index (χ1n) is 4.57. The van der Waals surface area contributed by atoms with E-state index in [0.717, 1.165) is 3.71 Å². The van der Waals surface area contributed by atoms with Gasteiger partial charge in [-0.25, -0.2) is 0 Å². The van der Waals surface area contributed by atoms with Crippen LogP contribution >= 0.6 is 0 Å². The molecule has 0 aliphatic heterocycles. The van der Waals surface area contributed by atoms with Gasteiger partial charge in [-0.05, 0) is 0 Å². The molecule has 0 radical (unpaired) electrons. The van der Waals surface area contributed by atoms with Crippen molar-refractivity contribution in [3.05, 3.63) is 11.9 Å². The SMILES string of the molecule is COC(=O)c1n[c]([Sn]([CH3])([CH3])[CH3])cnc1N. The van der Waals surface area contributed by atoms with Crippen LogP contribution in [0.1, 0.15) is 10.5 Å². The fraction of sp³-hybridized carbons (Fsp3) is 0.444. The number of nitrogens with two attached hydrogens (primary N) is 1. The van der Waals surface area contributed by atoms with Crippen molar-refractivity contribution in [3.63, 3.8) is 0 Å². The van der Waals surface area contributed by atoms with E-state index in [-0.39, 0.29) is 11.5 Å². The Kier molecular flexibility index (Phi) is 3.53. The van der Waals surface area contributed by atoms with E-state index >= 15 is 0 Å². The van der Waals surface area contributed by atoms with Gasteiger partial charge in [-0.1, -0.05) is 0 Å². The molecule has 0 unspecified atom stereocenters. The molecule has 1 heterocycles. The van der Waals surface area contributed by atoms with Gasteiger partial charge in [0, 0.05) is 0 Å². The second-order valence-electron chi connectivity index (χ2n) is 4.23. The van der Waals surface area contributed by atoms with Gasteiger partial charge in [0.2, 0.25) is 0 Å². The number of hydrogen-bond acceptors (Lipinski definition) is 5. The summed E-state index contributed by atoms with van der Waals surface area (Å²) in [5, 5.41) is 0. The summed E-state index contributed by atoms with van der Waals surface area (Å²) in [6, 6.07) is 0. The molecule has 0 amide bonds. The molecule has 0 bridgehead atoms. The third-order valence-electron chi connectivity index (χ3n) is 1.95. The predicted octanol–water partition coefficient (Wildman–Crippen LogP) is 0.391. The van der Waals surface area contributed by atoms with Crippen LogP contribution in [-0.2, 0) is 4.74 Å². The molecular formula is C9H15N3O2Sn. The summed E-state index contributed by atoms with van der Waals surface area (Å²) >= 11 is -2.30. The van der Waals surface area contributed by atoms with Gasteiger partial charge < -0.3 is 0 Å². The van der Waals surface area contributed by atoms with Crippen LogP contribution in [0.15, 0.2) is 6.20 Å². The number of nitrogens with zero attached hydrogens (tertiary/aromatic N) is 2. The Morgan fingerprint density at radius 2 is 2.07 bits per heavy atom. The van der Waals surface area contributed by atoms with Gasteiger partial charge in [-0.15, -0.1) is 0 Å². The Labute approximate surface area is 92.9 Å². The Morgan fingerprint density at radius 1 is 1.47 bits per heavy atom. The zero-order valence-corrected chi connectivity index (χ0v) is 12.2. The Bertz CT molecular complexity index is 387. The van der Waals surface area contributed by atoms with Crippen molar-refractivity contribution >= 4 is 33.9 Å². The molecule has 0 spiro atoms. The molecule has 0 aromatic carbocycles. The summed E-state index contributed by atoms with van der Waals surface area (Å²) in [5.74, 6) is -0.404. The molecule has 5 nitrogen and oxygen atoms in total. The van der Waals surface area contributed by atoms with E-state index < -0.39 is 24.3 Å². The van der Waals surface area contributed by atoms with E-state index in [0.29, 0.717) is 0 Å². The van der Waals surface area contributed by atoms with Gasteiger partial charge in [0.15, 0.2) is 0 Å². The van der Waals surface area contributed by atoms with Gasteiger partial charge in [0.05, 0.1) is 0 Å². The molecule has 1 aromatic rings. The molecule has 82 valence electrons. The first kappa shape index (κ1) is 12.2. The molecule has 0 saturated carbocycles. The fourth-order valence-electron chi connectivity index (χ4n) is 1.01. The summed E-state index contributed by atoms with van der Waals surface area (Å²) in [5.41, 5.74) is 5.68. The third-order valence-corrected chi connectivity index (χ3v) is 7.02. The van der Waals surface area contributed by atoms with Gasteiger partial charge in [-0.2, -0.15) is 0 Å². The van der Waals surface area contributed by atoms with Gasteiger partial charge in [0.25, 0.3) is 0 Å². The van der Waals surface area contributed by atoms with Crippen molar-refractivity contribution < 1.29 is 9.53 Å². The van der Waals surface area contributed by atoms with Gasteiger partial charge >= 0.3 is 92.9 Å². The van der Waals surface area contributed by atoms with Crippen molar-refractivity contribution in [2.45, 2.75) is 14.8 Å². The van der Waals surface area contributed by atoms with Crippen molar-refractivity contribution in [1.82, 2.24) is 9.97 Å². The van der Waals surface area contributed by atoms with E-state index in [1.807, 2.05) is 0 Å². The summed E-state index contributed by atoms with van der Waals surface area (Å²) in [4.78, 5) is 26.1. The number of esters is 1. The maximum atomic E-state index is 11.3. The third kappa shape index (κ3) is 2.80. The minimum atomic E-state index is -2.30. The first-order chi connectivity index (χ1) is 6.86. The summed E-state index contributed by atoms with van der Waals surface area (Å²) in [6.07, 6.45) is 1.66. The van der Waals surface area contributed by atoms with Crippen LogP contribution in [-0.4, -0.2) is 41.4 Å². The van der Waals surface area contributed by atoms with Crippen molar-refractivity contribution in [1.29, 1.82) is 0 Å². The molecule has 0 fully saturated rings. The summed E-state index contributed by atoms with van der Waals surface area (Å²) in [7, 11) is 1.30. The second-order valence-corrected chi connectivity index (χ2v) is 18.5. The number of ether oxygens (including phenoxy) is 1. The van der Waals surface area contributed by atoms with Crippen LogP contribution in [0.4, 0.5) is 5.82 Å². The molecule has 1 rings (SSSR count). The molecule has 1 aromatic heterocycles.